The molecule has 152 valence electrons. The monoisotopic (exact) mass is 394 g/mol. The van der Waals surface area contributed by atoms with Gasteiger partial charge in [0.15, 0.2) is 0 Å². The lowest BCUT2D eigenvalue weighted by molar-refractivity contribution is -0.274. The fourth-order valence-electron chi connectivity index (χ4n) is 3.92. The topological polar surface area (TPSA) is 47.7 Å². The summed E-state index contributed by atoms with van der Waals surface area (Å²) >= 11 is 0. The molecule has 0 amide bonds. The minimum atomic E-state index is -4.73. The third kappa shape index (κ3) is 5.17. The summed E-state index contributed by atoms with van der Waals surface area (Å²) in [5, 5.41) is 1.83. The van der Waals surface area contributed by atoms with Gasteiger partial charge in [0.2, 0.25) is 0 Å². The van der Waals surface area contributed by atoms with Crippen molar-refractivity contribution in [1.82, 2.24) is 5.01 Å². The number of ether oxygens (including phenoxy) is 2. The molecular weight excluding hydrogens is 369 g/mol. The largest absolute Gasteiger partial charge is 0.573 e. The normalized spacial score (nSPS) is 20.8. The number of rotatable bonds is 6. The van der Waals surface area contributed by atoms with Crippen LogP contribution < -0.4 is 15.3 Å². The number of hydrogen-bond acceptors (Lipinski definition) is 4. The van der Waals surface area contributed by atoms with Gasteiger partial charge in [0.05, 0.1) is 12.6 Å². The number of nitrogens with two attached hydrogens (primary N) is 1. The van der Waals surface area contributed by atoms with E-state index in [4.69, 9.17) is 10.6 Å². The standard InChI is InChI=1S/C21H25F3N2O2/c1-2-27-19-11-10-18(28-21(22,23)24)14-17(19)13-16-9-6-12-26(25)20(16)15-7-4-3-5-8-15/h3-5,7-8,10-11,14,16,20H,2,6,9,12-13,25H2,1H3/t16?,20-/m1/s1. The van der Waals surface area contributed by atoms with E-state index in [2.05, 4.69) is 4.74 Å². The van der Waals surface area contributed by atoms with Crippen LogP contribution >= 0.6 is 0 Å². The molecule has 2 atom stereocenters. The molecule has 1 fully saturated rings. The Kier molecular flexibility index (Phi) is 6.46. The van der Waals surface area contributed by atoms with Gasteiger partial charge in [-0.1, -0.05) is 30.3 Å². The van der Waals surface area contributed by atoms with Gasteiger partial charge in [-0.05, 0) is 61.4 Å². The molecular formula is C21H25F3N2O2. The van der Waals surface area contributed by atoms with Crippen molar-refractivity contribution in [2.24, 2.45) is 11.8 Å². The molecule has 3 rings (SSSR count). The van der Waals surface area contributed by atoms with Crippen molar-refractivity contribution in [1.29, 1.82) is 0 Å². The molecule has 7 heteroatoms. The van der Waals surface area contributed by atoms with E-state index in [0.29, 0.717) is 24.3 Å². The Bertz CT molecular complexity index is 768. The Hall–Kier alpha value is -2.25. The Labute approximate surface area is 163 Å². The minimum Gasteiger partial charge on any atom is -0.494 e. The van der Waals surface area contributed by atoms with Crippen LogP contribution in [0.25, 0.3) is 0 Å². The lowest BCUT2D eigenvalue weighted by Crippen LogP contribution is -2.44. The maximum absolute atomic E-state index is 12.6. The lowest BCUT2D eigenvalue weighted by atomic mass is 9.81. The van der Waals surface area contributed by atoms with E-state index in [1.165, 1.54) is 12.1 Å². The molecule has 1 saturated heterocycles. The zero-order chi connectivity index (χ0) is 20.1. The highest BCUT2D eigenvalue weighted by atomic mass is 19.4. The molecule has 0 radical (unpaired) electrons. The lowest BCUT2D eigenvalue weighted by Gasteiger charge is -2.39. The second-order valence-electron chi connectivity index (χ2n) is 6.95. The Morgan fingerprint density at radius 2 is 1.89 bits per heavy atom. The molecule has 1 unspecified atom stereocenters. The summed E-state index contributed by atoms with van der Waals surface area (Å²) in [5.74, 6) is 6.80. The van der Waals surface area contributed by atoms with E-state index in [-0.39, 0.29) is 17.7 Å². The van der Waals surface area contributed by atoms with Crippen LogP contribution in [0, 0.1) is 5.92 Å². The van der Waals surface area contributed by atoms with E-state index in [1.54, 1.807) is 6.07 Å². The fraction of sp³-hybridized carbons (Fsp3) is 0.429. The highest BCUT2D eigenvalue weighted by Gasteiger charge is 2.33. The number of alkyl halides is 3. The molecule has 0 aromatic heterocycles. The summed E-state index contributed by atoms with van der Waals surface area (Å²) in [6.07, 6.45) is -2.30. The van der Waals surface area contributed by atoms with Crippen molar-refractivity contribution < 1.29 is 22.6 Å². The van der Waals surface area contributed by atoms with Crippen molar-refractivity contribution in [2.75, 3.05) is 13.2 Å². The van der Waals surface area contributed by atoms with Gasteiger partial charge in [0.25, 0.3) is 0 Å². The number of halogens is 3. The van der Waals surface area contributed by atoms with Gasteiger partial charge in [-0.2, -0.15) is 0 Å². The maximum Gasteiger partial charge on any atom is 0.573 e. The minimum absolute atomic E-state index is 0.00313. The number of nitrogens with zero attached hydrogens (tertiary/aromatic N) is 1. The highest BCUT2D eigenvalue weighted by Crippen LogP contribution is 2.39. The second kappa shape index (κ2) is 8.84. The summed E-state index contributed by atoms with van der Waals surface area (Å²) < 4.78 is 47.7. The van der Waals surface area contributed by atoms with Crippen molar-refractivity contribution in [2.45, 2.75) is 38.6 Å². The smallest absolute Gasteiger partial charge is 0.494 e. The van der Waals surface area contributed by atoms with Crippen molar-refractivity contribution in [3.63, 3.8) is 0 Å². The first-order valence-corrected chi connectivity index (χ1v) is 9.45. The van der Waals surface area contributed by atoms with Gasteiger partial charge in [-0.3, -0.25) is 5.84 Å². The molecule has 4 nitrogen and oxygen atoms in total. The van der Waals surface area contributed by atoms with E-state index in [9.17, 15) is 13.2 Å². The summed E-state index contributed by atoms with van der Waals surface area (Å²) in [6, 6.07) is 14.2. The summed E-state index contributed by atoms with van der Waals surface area (Å²) in [7, 11) is 0. The van der Waals surface area contributed by atoms with Crippen LogP contribution in [-0.4, -0.2) is 24.5 Å². The average molecular weight is 394 g/mol. The molecule has 2 aromatic carbocycles. The van der Waals surface area contributed by atoms with Gasteiger partial charge >= 0.3 is 6.36 Å². The van der Waals surface area contributed by atoms with Crippen molar-refractivity contribution in [3.05, 3.63) is 59.7 Å². The van der Waals surface area contributed by atoms with Gasteiger partial charge in [-0.15, -0.1) is 13.2 Å². The molecule has 0 saturated carbocycles. The second-order valence-corrected chi connectivity index (χ2v) is 6.95. The number of hydrazine groups is 1. The zero-order valence-corrected chi connectivity index (χ0v) is 15.8. The molecule has 0 aliphatic carbocycles. The fourth-order valence-corrected chi connectivity index (χ4v) is 3.92. The molecule has 0 spiro atoms. The van der Waals surface area contributed by atoms with Gasteiger partial charge in [0, 0.05) is 6.54 Å². The molecule has 1 aliphatic heterocycles. The predicted octanol–water partition coefficient (Wildman–Crippen LogP) is 4.85. The van der Waals surface area contributed by atoms with Crippen LogP contribution in [0.2, 0.25) is 0 Å². The van der Waals surface area contributed by atoms with Crippen molar-refractivity contribution in [3.8, 4) is 11.5 Å². The molecule has 2 aromatic rings. The van der Waals surface area contributed by atoms with Crippen LogP contribution in [0.5, 0.6) is 11.5 Å². The SMILES string of the molecule is CCOc1ccc(OC(F)(F)F)cc1CC1CCCN(N)[C@@H]1c1ccccc1. The van der Waals surface area contributed by atoms with Crippen LogP contribution in [-0.2, 0) is 6.42 Å². The number of hydrogen-bond donors (Lipinski definition) is 1. The first kappa shape index (κ1) is 20.5. The molecule has 1 aliphatic rings. The van der Waals surface area contributed by atoms with E-state index in [0.717, 1.165) is 24.9 Å². The third-order valence-electron chi connectivity index (χ3n) is 4.98. The average Bonchev–Trinajstić information content (AvgIpc) is 2.63. The summed E-state index contributed by atoms with van der Waals surface area (Å²) in [5.41, 5.74) is 1.81. The van der Waals surface area contributed by atoms with Crippen LogP contribution in [0.3, 0.4) is 0 Å². The van der Waals surface area contributed by atoms with Crippen LogP contribution in [0.4, 0.5) is 13.2 Å². The van der Waals surface area contributed by atoms with Crippen LogP contribution in [0.15, 0.2) is 48.5 Å². The zero-order valence-electron chi connectivity index (χ0n) is 15.8. The maximum atomic E-state index is 12.6. The van der Waals surface area contributed by atoms with Gasteiger partial charge < -0.3 is 9.47 Å². The molecule has 2 N–H and O–H groups in total. The van der Waals surface area contributed by atoms with Crippen LogP contribution in [0.1, 0.15) is 36.9 Å². The number of piperidine rings is 1. The van der Waals surface area contributed by atoms with Gasteiger partial charge in [-0.25, -0.2) is 5.01 Å². The van der Waals surface area contributed by atoms with Gasteiger partial charge in [0.1, 0.15) is 11.5 Å². The van der Waals surface area contributed by atoms with Crippen molar-refractivity contribution >= 4 is 0 Å². The van der Waals surface area contributed by atoms with E-state index >= 15 is 0 Å². The van der Waals surface area contributed by atoms with E-state index in [1.807, 2.05) is 42.3 Å². The first-order chi connectivity index (χ1) is 13.4. The summed E-state index contributed by atoms with van der Waals surface area (Å²) in [4.78, 5) is 0. The Morgan fingerprint density at radius 1 is 1.14 bits per heavy atom. The number of benzene rings is 2. The van der Waals surface area contributed by atoms with E-state index < -0.39 is 6.36 Å². The molecule has 0 bridgehead atoms. The highest BCUT2D eigenvalue weighted by molar-refractivity contribution is 5.41. The molecule has 28 heavy (non-hydrogen) atoms. The molecule has 1 heterocycles. The first-order valence-electron chi connectivity index (χ1n) is 9.45. The Morgan fingerprint density at radius 3 is 2.57 bits per heavy atom. The quantitative estimate of drug-likeness (QED) is 0.712. The Balaban J connectivity index is 1.89. The third-order valence-corrected chi connectivity index (χ3v) is 4.98. The summed E-state index contributed by atoms with van der Waals surface area (Å²) in [6.45, 7) is 3.06. The predicted molar refractivity (Wildman–Crippen MR) is 101 cm³/mol.